The molecule has 3 atom stereocenters. The molecule has 4 aliphatic rings. The number of epoxide rings is 1. The van der Waals surface area contributed by atoms with Crippen molar-refractivity contribution in [2.24, 2.45) is 11.8 Å². The first-order valence-corrected chi connectivity index (χ1v) is 14.9. The van der Waals surface area contributed by atoms with Gasteiger partial charge in [0.25, 0.3) is 5.88 Å². The molecule has 8 rings (SSSR count). The van der Waals surface area contributed by atoms with Gasteiger partial charge in [-0.3, -0.25) is 9.59 Å². The summed E-state index contributed by atoms with van der Waals surface area (Å²) in [5.41, 5.74) is 0.159. The van der Waals surface area contributed by atoms with Crippen LogP contribution in [0.5, 0.6) is 11.6 Å². The largest absolute Gasteiger partial charge is 0.514 e. The number of ketones is 2. The standard InChI is InChI=1S/C35H28FNO8/c1-34(2,3)44-33(40)42-29-23-15-22(36)10-9-18(23)11-19-12-20-13-21-14-24-27(32(37-45-24)41-16-17-7-5-4-6-8-17)30(39)35(21)31(43-35)26(20)28(38)25(19)29/h4-11,15,20-21H,12-14,16H2,1-3H3/t20?,21-,35+/m0/s1. The molecule has 2 heterocycles. The van der Waals surface area contributed by atoms with E-state index in [2.05, 4.69) is 5.16 Å². The van der Waals surface area contributed by atoms with Crippen LogP contribution in [-0.2, 0) is 28.9 Å². The van der Waals surface area contributed by atoms with Gasteiger partial charge in [-0.15, -0.1) is 0 Å². The Morgan fingerprint density at radius 3 is 2.64 bits per heavy atom. The lowest BCUT2D eigenvalue weighted by atomic mass is 9.63. The van der Waals surface area contributed by atoms with Crippen molar-refractivity contribution in [2.75, 3.05) is 0 Å². The predicted molar refractivity (Wildman–Crippen MR) is 157 cm³/mol. The number of fused-ring (bicyclic) bond motifs is 4. The maximum absolute atomic E-state index is 14.5. The van der Waals surface area contributed by atoms with Gasteiger partial charge in [0.05, 0.1) is 5.56 Å². The fourth-order valence-corrected chi connectivity index (χ4v) is 7.07. The van der Waals surface area contributed by atoms with E-state index in [1.165, 1.54) is 12.1 Å². The molecule has 0 radical (unpaired) electrons. The second kappa shape index (κ2) is 9.50. The highest BCUT2D eigenvalue weighted by atomic mass is 19.1. The first-order chi connectivity index (χ1) is 21.5. The Morgan fingerprint density at radius 2 is 1.87 bits per heavy atom. The molecule has 1 aromatic heterocycles. The predicted octanol–water partition coefficient (Wildman–Crippen LogP) is 6.70. The quantitative estimate of drug-likeness (QED) is 0.142. The number of carbonyl (C=O) groups excluding carboxylic acids is 3. The molecule has 1 unspecified atom stereocenters. The van der Waals surface area contributed by atoms with E-state index >= 15 is 0 Å². The van der Waals surface area contributed by atoms with Gasteiger partial charge in [-0.2, -0.15) is 0 Å². The summed E-state index contributed by atoms with van der Waals surface area (Å²) in [6.45, 7) is 5.27. The fraction of sp³-hybridized carbons (Fsp3) is 0.314. The maximum atomic E-state index is 14.5. The van der Waals surface area contributed by atoms with Gasteiger partial charge < -0.3 is 23.5 Å². The molecule has 1 fully saturated rings. The zero-order valence-corrected chi connectivity index (χ0v) is 24.8. The van der Waals surface area contributed by atoms with Crippen LogP contribution < -0.4 is 9.47 Å². The van der Waals surface area contributed by atoms with Crippen LogP contribution in [0.2, 0.25) is 0 Å². The summed E-state index contributed by atoms with van der Waals surface area (Å²) < 4.78 is 43.2. The van der Waals surface area contributed by atoms with Gasteiger partial charge in [0.15, 0.2) is 23.1 Å². The molecule has 3 aromatic carbocycles. The number of carbonyl (C=O) groups is 3. The summed E-state index contributed by atoms with van der Waals surface area (Å²) in [4.78, 5) is 41.3. The number of allylic oxidation sites excluding steroid dienone is 1. The first kappa shape index (κ1) is 27.6. The topological polar surface area (TPSA) is 117 Å². The highest BCUT2D eigenvalue weighted by Crippen LogP contribution is 2.63. The number of ether oxygens (including phenoxy) is 4. The zero-order valence-electron chi connectivity index (χ0n) is 24.8. The number of rotatable bonds is 4. The molecule has 3 aliphatic carbocycles. The average molecular weight is 610 g/mol. The molecule has 0 N–H and O–H groups in total. The van der Waals surface area contributed by atoms with Crippen molar-refractivity contribution in [1.29, 1.82) is 0 Å². The molecule has 0 saturated carbocycles. The SMILES string of the molecule is CC(C)(C)OC(=O)Oc1c2c(cc3ccc(F)cc13)CC1C[C@H]3Cc4onc(OCc5ccccc5)c4C(=O)[C@]34OC4=C1C2=O. The summed E-state index contributed by atoms with van der Waals surface area (Å²) in [7, 11) is 0. The second-order valence-corrected chi connectivity index (χ2v) is 13.0. The minimum atomic E-state index is -1.31. The number of aromatic nitrogens is 1. The maximum Gasteiger partial charge on any atom is 0.514 e. The first-order valence-electron chi connectivity index (χ1n) is 14.9. The highest BCUT2D eigenvalue weighted by molar-refractivity contribution is 6.19. The lowest BCUT2D eigenvalue weighted by Crippen LogP contribution is -2.44. The van der Waals surface area contributed by atoms with Crippen molar-refractivity contribution in [2.45, 2.75) is 57.8 Å². The van der Waals surface area contributed by atoms with Crippen LogP contribution in [0.3, 0.4) is 0 Å². The van der Waals surface area contributed by atoms with Gasteiger partial charge in [0, 0.05) is 23.3 Å². The summed E-state index contributed by atoms with van der Waals surface area (Å²) >= 11 is 0. The van der Waals surface area contributed by atoms with Crippen molar-refractivity contribution in [3.63, 3.8) is 0 Å². The van der Waals surface area contributed by atoms with Gasteiger partial charge in [-0.25, -0.2) is 9.18 Å². The van der Waals surface area contributed by atoms with E-state index in [9.17, 15) is 18.8 Å². The van der Waals surface area contributed by atoms with Gasteiger partial charge in [-0.1, -0.05) is 42.5 Å². The lowest BCUT2D eigenvalue weighted by molar-refractivity contribution is 0.0208. The summed E-state index contributed by atoms with van der Waals surface area (Å²) in [6, 6.07) is 15.5. The third-order valence-corrected chi connectivity index (χ3v) is 8.95. The van der Waals surface area contributed by atoms with Crippen molar-refractivity contribution in [3.8, 4) is 11.6 Å². The molecular formula is C35H28FNO8. The Bertz CT molecular complexity index is 1990. The summed E-state index contributed by atoms with van der Waals surface area (Å²) in [6.07, 6.45) is 0.333. The monoisotopic (exact) mass is 609 g/mol. The van der Waals surface area contributed by atoms with Crippen LogP contribution in [0, 0.1) is 17.7 Å². The number of hydrogen-bond donors (Lipinski definition) is 0. The molecule has 0 amide bonds. The second-order valence-electron chi connectivity index (χ2n) is 13.0. The van der Waals surface area contributed by atoms with Gasteiger partial charge in [-0.05, 0) is 73.3 Å². The van der Waals surface area contributed by atoms with Crippen LogP contribution in [-0.4, -0.2) is 34.1 Å². The Hall–Kier alpha value is -4.99. The van der Waals surface area contributed by atoms with Crippen LogP contribution in [0.25, 0.3) is 10.8 Å². The number of benzene rings is 3. The van der Waals surface area contributed by atoms with E-state index in [0.29, 0.717) is 47.3 Å². The molecule has 228 valence electrons. The number of hydrogen-bond acceptors (Lipinski definition) is 9. The van der Waals surface area contributed by atoms with Crippen LogP contribution in [0.4, 0.5) is 9.18 Å². The van der Waals surface area contributed by atoms with Crippen LogP contribution in [0.1, 0.15) is 64.8 Å². The van der Waals surface area contributed by atoms with Crippen molar-refractivity contribution in [3.05, 3.63) is 99.8 Å². The Kier molecular flexibility index (Phi) is 5.82. The summed E-state index contributed by atoms with van der Waals surface area (Å²) in [5.74, 6) is -1.01. The normalized spacial score (nSPS) is 22.8. The van der Waals surface area contributed by atoms with Crippen molar-refractivity contribution < 1.29 is 42.2 Å². The highest BCUT2D eigenvalue weighted by Gasteiger charge is 2.72. The number of Topliss-reactive ketones (excluding diaryl/α,β-unsaturated/α-hetero) is 2. The van der Waals surface area contributed by atoms with Crippen LogP contribution >= 0.6 is 0 Å². The molecule has 10 heteroatoms. The Balaban J connectivity index is 1.18. The molecule has 1 saturated heterocycles. The lowest BCUT2D eigenvalue weighted by Gasteiger charge is -2.35. The zero-order chi connectivity index (χ0) is 31.2. The fourth-order valence-electron chi connectivity index (χ4n) is 7.07. The van der Waals surface area contributed by atoms with E-state index in [1.807, 2.05) is 36.4 Å². The van der Waals surface area contributed by atoms with Gasteiger partial charge in [0.1, 0.15) is 23.6 Å². The molecule has 4 aromatic rings. The van der Waals surface area contributed by atoms with Gasteiger partial charge >= 0.3 is 6.16 Å². The summed E-state index contributed by atoms with van der Waals surface area (Å²) in [5, 5.41) is 4.95. The van der Waals surface area contributed by atoms with E-state index in [1.54, 1.807) is 26.8 Å². The Labute approximate surface area is 256 Å². The molecule has 0 bridgehead atoms. The van der Waals surface area contributed by atoms with E-state index in [4.69, 9.17) is 23.5 Å². The third kappa shape index (κ3) is 4.26. The Morgan fingerprint density at radius 1 is 1.07 bits per heavy atom. The van der Waals surface area contributed by atoms with Crippen LogP contribution in [0.15, 0.2) is 70.5 Å². The van der Waals surface area contributed by atoms with E-state index in [-0.39, 0.29) is 52.4 Å². The number of nitrogens with zero attached hydrogens (tertiary/aromatic N) is 1. The number of halogens is 1. The average Bonchev–Trinajstić information content (AvgIpc) is 3.61. The molecule has 9 nitrogen and oxygen atoms in total. The minimum absolute atomic E-state index is 0.0717. The molecule has 1 aliphatic heterocycles. The van der Waals surface area contributed by atoms with Crippen molar-refractivity contribution in [1.82, 2.24) is 5.16 Å². The smallest absolute Gasteiger partial charge is 0.470 e. The van der Waals surface area contributed by atoms with E-state index in [0.717, 1.165) is 5.56 Å². The molecular weight excluding hydrogens is 581 g/mol. The minimum Gasteiger partial charge on any atom is -0.470 e. The molecule has 1 spiro atoms. The van der Waals surface area contributed by atoms with Gasteiger partial charge in [0.2, 0.25) is 11.4 Å². The third-order valence-electron chi connectivity index (χ3n) is 8.95. The van der Waals surface area contributed by atoms with E-state index < -0.39 is 29.0 Å². The van der Waals surface area contributed by atoms with Crippen molar-refractivity contribution >= 4 is 28.5 Å². The molecule has 45 heavy (non-hydrogen) atoms.